The van der Waals surface area contributed by atoms with Crippen molar-refractivity contribution in [1.29, 1.82) is 0 Å². The van der Waals surface area contributed by atoms with E-state index in [2.05, 4.69) is 0 Å². The molecule has 7 heteroatoms. The van der Waals surface area contributed by atoms with Crippen molar-refractivity contribution in [2.24, 2.45) is 0 Å². The van der Waals surface area contributed by atoms with E-state index in [0.717, 1.165) is 6.07 Å². The molecule has 6 nitrogen and oxygen atoms in total. The molecular weight excluding hydrogens is 177 g/mol. The van der Waals surface area contributed by atoms with Crippen molar-refractivity contribution in [3.63, 3.8) is 0 Å². The van der Waals surface area contributed by atoms with Crippen LogP contribution in [0.1, 0.15) is 0 Å². The SMILES string of the molecule is O=[N+]([O-])c1cccc(B(O)O)c1O. The van der Waals surface area contributed by atoms with Crippen molar-refractivity contribution >= 4 is 18.3 Å². The summed E-state index contributed by atoms with van der Waals surface area (Å²) in [5.74, 6) is -0.720. The third-order valence-electron chi connectivity index (χ3n) is 1.52. The quantitative estimate of drug-likeness (QED) is 0.309. The summed E-state index contributed by atoms with van der Waals surface area (Å²) in [5, 5.41) is 36.8. The second kappa shape index (κ2) is 3.42. The van der Waals surface area contributed by atoms with Crippen LogP contribution in [-0.2, 0) is 0 Å². The van der Waals surface area contributed by atoms with Gasteiger partial charge in [0.15, 0.2) is 5.75 Å². The molecule has 3 N–H and O–H groups in total. The normalized spacial score (nSPS) is 9.69. The topological polar surface area (TPSA) is 104 Å². The molecule has 0 amide bonds. The van der Waals surface area contributed by atoms with Gasteiger partial charge >= 0.3 is 12.8 Å². The lowest BCUT2D eigenvalue weighted by Crippen LogP contribution is -2.30. The molecule has 0 atom stereocenters. The highest BCUT2D eigenvalue weighted by atomic mass is 16.6. The molecule has 0 aromatic heterocycles. The van der Waals surface area contributed by atoms with Gasteiger partial charge in [-0.1, -0.05) is 12.1 Å². The van der Waals surface area contributed by atoms with Gasteiger partial charge in [0.1, 0.15) is 0 Å². The first kappa shape index (κ1) is 9.49. The number of para-hydroxylation sites is 1. The Balaban J connectivity index is 3.26. The predicted octanol–water partition coefficient (Wildman–Crippen LogP) is -1.02. The van der Waals surface area contributed by atoms with Gasteiger partial charge in [-0.3, -0.25) is 10.1 Å². The Bertz CT molecular complexity index is 340. The van der Waals surface area contributed by atoms with Crippen molar-refractivity contribution in [2.75, 3.05) is 0 Å². The van der Waals surface area contributed by atoms with Crippen molar-refractivity contribution in [2.45, 2.75) is 0 Å². The monoisotopic (exact) mass is 183 g/mol. The minimum absolute atomic E-state index is 0.283. The average molecular weight is 183 g/mol. The highest BCUT2D eigenvalue weighted by molar-refractivity contribution is 6.59. The van der Waals surface area contributed by atoms with Crippen molar-refractivity contribution in [3.8, 4) is 5.75 Å². The lowest BCUT2D eigenvalue weighted by Gasteiger charge is -2.02. The number of aromatic hydroxyl groups is 1. The summed E-state index contributed by atoms with van der Waals surface area (Å²) < 4.78 is 0. The maximum atomic E-state index is 10.3. The highest BCUT2D eigenvalue weighted by Crippen LogP contribution is 2.22. The zero-order valence-corrected chi connectivity index (χ0v) is 6.41. The molecule has 0 spiro atoms. The average Bonchev–Trinajstić information content (AvgIpc) is 2.03. The van der Waals surface area contributed by atoms with E-state index >= 15 is 0 Å². The van der Waals surface area contributed by atoms with E-state index in [1.807, 2.05) is 0 Å². The number of phenols is 1. The van der Waals surface area contributed by atoms with E-state index in [9.17, 15) is 10.1 Å². The Morgan fingerprint density at radius 1 is 1.38 bits per heavy atom. The highest BCUT2D eigenvalue weighted by Gasteiger charge is 2.23. The minimum Gasteiger partial charge on any atom is -0.502 e. The summed E-state index contributed by atoms with van der Waals surface area (Å²) in [4.78, 5) is 9.47. The van der Waals surface area contributed by atoms with Gasteiger partial charge in [-0.15, -0.1) is 0 Å². The number of nitro benzene ring substituents is 1. The van der Waals surface area contributed by atoms with E-state index in [1.54, 1.807) is 0 Å². The molecule has 1 aromatic carbocycles. The third-order valence-corrected chi connectivity index (χ3v) is 1.52. The van der Waals surface area contributed by atoms with Gasteiger partial charge in [-0.2, -0.15) is 0 Å². The first-order valence-electron chi connectivity index (χ1n) is 3.36. The summed E-state index contributed by atoms with van der Waals surface area (Å²) in [5.41, 5.74) is -0.834. The third kappa shape index (κ3) is 1.77. The lowest BCUT2D eigenvalue weighted by atomic mass is 9.79. The zero-order valence-electron chi connectivity index (χ0n) is 6.41. The molecule has 68 valence electrons. The Morgan fingerprint density at radius 3 is 2.46 bits per heavy atom. The van der Waals surface area contributed by atoms with Crippen molar-refractivity contribution in [1.82, 2.24) is 0 Å². The molecule has 0 radical (unpaired) electrons. The van der Waals surface area contributed by atoms with E-state index in [0.29, 0.717) is 0 Å². The fourth-order valence-electron chi connectivity index (χ4n) is 0.904. The molecule has 0 saturated heterocycles. The van der Waals surface area contributed by atoms with Gasteiger partial charge < -0.3 is 15.2 Å². The molecule has 0 aliphatic heterocycles. The van der Waals surface area contributed by atoms with Crippen molar-refractivity contribution in [3.05, 3.63) is 28.3 Å². The number of hydrogen-bond donors (Lipinski definition) is 3. The maximum absolute atomic E-state index is 10.3. The standard InChI is InChI=1S/C6H6BNO5/c9-6-4(7(10)11)2-1-3-5(6)8(12)13/h1-3,9-11H. The van der Waals surface area contributed by atoms with Crippen LogP contribution in [0.4, 0.5) is 5.69 Å². The number of hydrogen-bond acceptors (Lipinski definition) is 5. The fraction of sp³-hybridized carbons (Fsp3) is 0. The first-order valence-corrected chi connectivity index (χ1v) is 3.36. The van der Waals surface area contributed by atoms with Crippen LogP contribution in [0, 0.1) is 10.1 Å². The second-order valence-electron chi connectivity index (χ2n) is 2.35. The smallest absolute Gasteiger partial charge is 0.492 e. The zero-order chi connectivity index (χ0) is 10.0. The van der Waals surface area contributed by atoms with Gasteiger partial charge in [-0.25, -0.2) is 0 Å². The van der Waals surface area contributed by atoms with Crippen molar-refractivity contribution < 1.29 is 20.1 Å². The Hall–Kier alpha value is -1.60. The molecule has 0 heterocycles. The Morgan fingerprint density at radius 2 is 2.00 bits per heavy atom. The van der Waals surface area contributed by atoms with Gasteiger partial charge in [-0.05, 0) is 0 Å². The number of nitrogens with zero attached hydrogens (tertiary/aromatic N) is 1. The minimum atomic E-state index is -1.92. The van der Waals surface area contributed by atoms with Gasteiger partial charge in [0.05, 0.1) is 4.92 Å². The van der Waals surface area contributed by atoms with Crippen LogP contribution in [0.5, 0.6) is 5.75 Å². The Labute approximate surface area is 73.4 Å². The van der Waals surface area contributed by atoms with Gasteiger partial charge in [0, 0.05) is 11.5 Å². The van der Waals surface area contributed by atoms with E-state index in [4.69, 9.17) is 15.2 Å². The van der Waals surface area contributed by atoms with Crippen LogP contribution in [-0.4, -0.2) is 27.2 Å². The van der Waals surface area contributed by atoms with E-state index < -0.39 is 23.5 Å². The molecular formula is C6H6BNO5. The number of nitro groups is 1. The number of rotatable bonds is 2. The lowest BCUT2D eigenvalue weighted by molar-refractivity contribution is -0.385. The van der Waals surface area contributed by atoms with Crippen LogP contribution in [0.3, 0.4) is 0 Å². The molecule has 0 unspecified atom stereocenters. The van der Waals surface area contributed by atoms with Crippen LogP contribution in [0.15, 0.2) is 18.2 Å². The Kier molecular flexibility index (Phi) is 2.50. The predicted molar refractivity (Wildman–Crippen MR) is 44.6 cm³/mol. The maximum Gasteiger partial charge on any atom is 0.492 e. The number of benzene rings is 1. The molecule has 0 aliphatic rings. The largest absolute Gasteiger partial charge is 0.502 e. The fourth-order valence-corrected chi connectivity index (χ4v) is 0.904. The first-order chi connectivity index (χ1) is 6.04. The van der Waals surface area contributed by atoms with Gasteiger partial charge in [0.2, 0.25) is 0 Å². The molecule has 0 aliphatic carbocycles. The van der Waals surface area contributed by atoms with Crippen LogP contribution in [0.25, 0.3) is 0 Å². The molecule has 0 bridgehead atoms. The molecule has 0 saturated carbocycles. The number of phenolic OH excluding ortho intramolecular Hbond substituents is 1. The summed E-state index contributed by atoms with van der Waals surface area (Å²) in [7, 11) is -1.92. The summed E-state index contributed by atoms with van der Waals surface area (Å²) in [6.07, 6.45) is 0. The van der Waals surface area contributed by atoms with Gasteiger partial charge in [0.25, 0.3) is 0 Å². The molecule has 1 rings (SSSR count). The summed E-state index contributed by atoms with van der Waals surface area (Å²) in [6, 6.07) is 3.51. The summed E-state index contributed by atoms with van der Waals surface area (Å²) >= 11 is 0. The second-order valence-corrected chi connectivity index (χ2v) is 2.35. The van der Waals surface area contributed by atoms with E-state index in [1.165, 1.54) is 12.1 Å². The molecule has 0 fully saturated rings. The van der Waals surface area contributed by atoms with Crippen LogP contribution >= 0.6 is 0 Å². The van der Waals surface area contributed by atoms with Crippen LogP contribution in [0.2, 0.25) is 0 Å². The van der Waals surface area contributed by atoms with Crippen LogP contribution < -0.4 is 5.46 Å². The summed E-state index contributed by atoms with van der Waals surface area (Å²) in [6.45, 7) is 0. The molecule has 13 heavy (non-hydrogen) atoms. The van der Waals surface area contributed by atoms with E-state index in [-0.39, 0.29) is 5.46 Å². The molecule has 1 aromatic rings.